The predicted molar refractivity (Wildman–Crippen MR) is 101 cm³/mol. The fourth-order valence-corrected chi connectivity index (χ4v) is 4.36. The Morgan fingerprint density at radius 2 is 1.35 bits per heavy atom. The van der Waals surface area contributed by atoms with E-state index in [-0.39, 0.29) is 0 Å². The van der Waals surface area contributed by atoms with E-state index in [0.29, 0.717) is 5.54 Å². The van der Waals surface area contributed by atoms with Gasteiger partial charge >= 0.3 is 0 Å². The van der Waals surface area contributed by atoms with Crippen molar-refractivity contribution >= 4 is 36.5 Å². The second-order valence-corrected chi connectivity index (χ2v) is 8.24. The van der Waals surface area contributed by atoms with Gasteiger partial charge in [-0.1, -0.05) is 73.1 Å². The lowest BCUT2D eigenvalue weighted by Crippen LogP contribution is -2.17. The van der Waals surface area contributed by atoms with Gasteiger partial charge in [0.05, 0.1) is 20.6 Å². The Bertz CT molecular complexity index is 928. The van der Waals surface area contributed by atoms with Crippen LogP contribution in [0.15, 0.2) is 72.8 Å². The number of hydrogen-bond acceptors (Lipinski definition) is 0. The molecule has 0 atom stereocenters. The Morgan fingerprint density at radius 3 is 1.96 bits per heavy atom. The molecule has 0 spiro atoms. The maximum absolute atomic E-state index is 2.39. The lowest BCUT2D eigenvalue weighted by atomic mass is 10.2. The molecule has 1 nitrogen and oxygen atoms in total. The van der Waals surface area contributed by atoms with Crippen molar-refractivity contribution < 1.29 is 0 Å². The van der Waals surface area contributed by atoms with E-state index in [1.807, 2.05) is 0 Å². The molecule has 0 amide bonds. The minimum Gasteiger partial charge on any atom is -0.309 e. The Morgan fingerprint density at radius 1 is 0.739 bits per heavy atom. The van der Waals surface area contributed by atoms with Crippen molar-refractivity contribution in [2.75, 3.05) is 0 Å². The van der Waals surface area contributed by atoms with Gasteiger partial charge < -0.3 is 4.57 Å². The molecule has 2 radical (unpaired) electrons. The van der Waals surface area contributed by atoms with E-state index in [4.69, 9.17) is 0 Å². The molecule has 0 fully saturated rings. The third-order valence-electron chi connectivity index (χ3n) is 4.14. The molecule has 23 heavy (non-hydrogen) atoms. The Hall–Kier alpha value is -2.32. The van der Waals surface area contributed by atoms with Gasteiger partial charge in [0.1, 0.15) is 0 Å². The summed E-state index contributed by atoms with van der Waals surface area (Å²) >= 11 is 0. The second kappa shape index (κ2) is 5.71. The van der Waals surface area contributed by atoms with Crippen LogP contribution in [0.25, 0.3) is 27.5 Å². The van der Waals surface area contributed by atoms with Gasteiger partial charge in [-0.15, -0.1) is 0 Å². The fraction of sp³-hybridized carbons (Fsp3) is 0.143. The highest BCUT2D eigenvalue weighted by molar-refractivity contribution is 6.54. The summed E-state index contributed by atoms with van der Waals surface area (Å²) in [5.74, 6) is 0. The third kappa shape index (κ3) is 2.49. The third-order valence-corrected chi connectivity index (χ3v) is 5.36. The Labute approximate surface area is 139 Å². The standard InChI is InChI=1S/C21H19NSi/c1-15(2)23-17-9-7-8-16(14-17)22-20-12-5-3-10-18(20)19-11-4-6-13-21(19)22/h3-15H,1-2H3. The van der Waals surface area contributed by atoms with Crippen LogP contribution in [-0.4, -0.2) is 14.1 Å². The summed E-state index contributed by atoms with van der Waals surface area (Å²) in [4.78, 5) is 0. The molecule has 2 heteroatoms. The normalized spacial score (nSPS) is 11.6. The predicted octanol–water partition coefficient (Wildman–Crippen LogP) is 4.94. The highest BCUT2D eigenvalue weighted by Crippen LogP contribution is 2.31. The molecule has 0 unspecified atom stereocenters. The first-order valence-corrected chi connectivity index (χ1v) is 9.17. The van der Waals surface area contributed by atoms with Crippen molar-refractivity contribution in [1.29, 1.82) is 0 Å². The van der Waals surface area contributed by atoms with Crippen LogP contribution in [0.1, 0.15) is 13.8 Å². The molecule has 1 aromatic heterocycles. The van der Waals surface area contributed by atoms with Crippen LogP contribution in [0.3, 0.4) is 0 Å². The minimum atomic E-state index is 0.698. The summed E-state index contributed by atoms with van der Waals surface area (Å²) in [6, 6.07) is 26.3. The van der Waals surface area contributed by atoms with Gasteiger partial charge in [-0.05, 0) is 24.3 Å². The zero-order valence-electron chi connectivity index (χ0n) is 13.5. The van der Waals surface area contributed by atoms with Gasteiger partial charge in [0, 0.05) is 16.5 Å². The number of benzene rings is 3. The largest absolute Gasteiger partial charge is 0.309 e. The van der Waals surface area contributed by atoms with Crippen LogP contribution in [0.4, 0.5) is 0 Å². The lowest BCUT2D eigenvalue weighted by Gasteiger charge is -2.10. The van der Waals surface area contributed by atoms with E-state index in [2.05, 4.69) is 91.2 Å². The Balaban J connectivity index is 2.01. The molecule has 3 aromatic carbocycles. The molecule has 0 saturated carbocycles. The number of hydrogen-bond donors (Lipinski definition) is 0. The van der Waals surface area contributed by atoms with Crippen LogP contribution in [0, 0.1) is 0 Å². The van der Waals surface area contributed by atoms with Crippen LogP contribution >= 0.6 is 0 Å². The van der Waals surface area contributed by atoms with Crippen molar-refractivity contribution in [2.24, 2.45) is 0 Å². The smallest absolute Gasteiger partial charge is 0.0837 e. The number of rotatable bonds is 3. The van der Waals surface area contributed by atoms with Gasteiger partial charge in [-0.3, -0.25) is 0 Å². The van der Waals surface area contributed by atoms with Gasteiger partial charge in [0.15, 0.2) is 0 Å². The Kier molecular flexibility index (Phi) is 3.54. The van der Waals surface area contributed by atoms with Crippen molar-refractivity contribution in [3.63, 3.8) is 0 Å². The highest BCUT2D eigenvalue weighted by Gasteiger charge is 2.11. The summed E-state index contributed by atoms with van der Waals surface area (Å²) in [6.45, 7) is 4.57. The molecule has 1 heterocycles. The molecule has 0 saturated heterocycles. The molecular formula is C21H19NSi. The minimum absolute atomic E-state index is 0.698. The van der Waals surface area contributed by atoms with Crippen molar-refractivity contribution in [2.45, 2.75) is 19.4 Å². The quantitative estimate of drug-likeness (QED) is 0.472. The summed E-state index contributed by atoms with van der Waals surface area (Å²) in [6.07, 6.45) is 0. The highest BCUT2D eigenvalue weighted by atomic mass is 28.2. The number of fused-ring (bicyclic) bond motifs is 3. The van der Waals surface area contributed by atoms with Crippen LogP contribution in [0.2, 0.25) is 5.54 Å². The summed E-state index contributed by atoms with van der Waals surface area (Å²) in [5.41, 5.74) is 4.51. The second-order valence-electron chi connectivity index (χ2n) is 6.22. The molecule has 112 valence electrons. The molecule has 4 aromatic rings. The zero-order valence-corrected chi connectivity index (χ0v) is 14.5. The first-order chi connectivity index (χ1) is 11.2. The molecular weight excluding hydrogens is 294 g/mol. The molecule has 0 aliphatic rings. The molecule has 0 bridgehead atoms. The van der Waals surface area contributed by atoms with E-state index in [0.717, 1.165) is 9.52 Å². The lowest BCUT2D eigenvalue weighted by molar-refractivity contribution is 1.07. The van der Waals surface area contributed by atoms with E-state index in [9.17, 15) is 0 Å². The topological polar surface area (TPSA) is 4.93 Å². The van der Waals surface area contributed by atoms with E-state index >= 15 is 0 Å². The maximum Gasteiger partial charge on any atom is 0.0837 e. The summed E-state index contributed by atoms with van der Waals surface area (Å²) in [7, 11) is 0.852. The van der Waals surface area contributed by atoms with Gasteiger partial charge in [-0.25, -0.2) is 0 Å². The first kappa shape index (κ1) is 14.3. The van der Waals surface area contributed by atoms with E-state index in [1.54, 1.807) is 0 Å². The molecule has 4 rings (SSSR count). The van der Waals surface area contributed by atoms with Crippen LogP contribution < -0.4 is 5.19 Å². The van der Waals surface area contributed by atoms with E-state index < -0.39 is 0 Å². The summed E-state index contributed by atoms with van der Waals surface area (Å²) < 4.78 is 2.39. The van der Waals surface area contributed by atoms with Gasteiger partial charge in [0.25, 0.3) is 0 Å². The molecule has 0 aliphatic carbocycles. The van der Waals surface area contributed by atoms with Crippen molar-refractivity contribution in [1.82, 2.24) is 4.57 Å². The van der Waals surface area contributed by atoms with Gasteiger partial charge in [0.2, 0.25) is 0 Å². The SMILES string of the molecule is CC(C)[Si]c1cccc(-n2c3ccccc3c3ccccc32)c1. The number of nitrogens with zero attached hydrogens (tertiary/aromatic N) is 1. The molecule has 0 N–H and O–H groups in total. The average Bonchev–Trinajstić information content (AvgIpc) is 2.89. The van der Waals surface area contributed by atoms with Gasteiger partial charge in [-0.2, -0.15) is 0 Å². The number of para-hydroxylation sites is 2. The van der Waals surface area contributed by atoms with E-state index in [1.165, 1.54) is 32.7 Å². The van der Waals surface area contributed by atoms with Crippen LogP contribution in [-0.2, 0) is 0 Å². The maximum atomic E-state index is 2.39. The number of aromatic nitrogens is 1. The monoisotopic (exact) mass is 313 g/mol. The zero-order chi connectivity index (χ0) is 15.8. The first-order valence-electron chi connectivity index (χ1n) is 8.09. The van der Waals surface area contributed by atoms with Crippen molar-refractivity contribution in [3.05, 3.63) is 72.8 Å². The molecule has 0 aliphatic heterocycles. The average molecular weight is 313 g/mol. The summed E-state index contributed by atoms with van der Waals surface area (Å²) in [5, 5.41) is 4.07. The fourth-order valence-electron chi connectivity index (χ4n) is 3.27. The van der Waals surface area contributed by atoms with Crippen molar-refractivity contribution in [3.8, 4) is 5.69 Å². The van der Waals surface area contributed by atoms with Crippen LogP contribution in [0.5, 0.6) is 0 Å².